The Kier molecular flexibility index (Phi) is 3.91. The fourth-order valence-electron chi connectivity index (χ4n) is 1.79. The third-order valence-corrected chi connectivity index (χ3v) is 2.39. The van der Waals surface area contributed by atoms with Gasteiger partial charge in [0, 0.05) is 24.8 Å². The van der Waals surface area contributed by atoms with E-state index in [1.165, 1.54) is 5.56 Å². The second-order valence-electron chi connectivity index (χ2n) is 5.32. The van der Waals surface area contributed by atoms with Crippen LogP contribution in [0.25, 0.3) is 0 Å². The number of rotatable bonds is 4. The van der Waals surface area contributed by atoms with Crippen molar-refractivity contribution in [3.8, 4) is 0 Å². The quantitative estimate of drug-likeness (QED) is 0.825. The Hall–Kier alpha value is -0.830. The molecule has 0 saturated heterocycles. The fourth-order valence-corrected chi connectivity index (χ4v) is 1.79. The third kappa shape index (κ3) is 4.04. The van der Waals surface area contributed by atoms with E-state index < -0.39 is 0 Å². The Morgan fingerprint density at radius 3 is 2.53 bits per heavy atom. The van der Waals surface area contributed by atoms with E-state index in [1.54, 1.807) is 0 Å². The van der Waals surface area contributed by atoms with Gasteiger partial charge in [-0.1, -0.05) is 27.7 Å². The Labute approximate surface area is 92.9 Å². The molecule has 0 aliphatic carbocycles. The molecule has 3 heteroatoms. The summed E-state index contributed by atoms with van der Waals surface area (Å²) in [6.45, 7) is 9.96. The zero-order valence-electron chi connectivity index (χ0n) is 10.5. The summed E-state index contributed by atoms with van der Waals surface area (Å²) in [7, 11) is 1.96. The molecule has 1 rings (SSSR count). The van der Waals surface area contributed by atoms with E-state index in [2.05, 4.69) is 44.3 Å². The van der Waals surface area contributed by atoms with Crippen LogP contribution in [0, 0.1) is 5.41 Å². The van der Waals surface area contributed by atoms with Gasteiger partial charge < -0.3 is 5.32 Å². The highest BCUT2D eigenvalue weighted by molar-refractivity contribution is 5.10. The van der Waals surface area contributed by atoms with E-state index in [0.717, 1.165) is 13.0 Å². The molecule has 1 aromatic heterocycles. The number of nitrogens with one attached hydrogen (secondary N) is 1. The standard InChI is InChI=1S/C12H23N3/c1-6-13-11(7-12(2,3)4)10-8-14-15(5)9-10/h8-9,11,13H,6-7H2,1-5H3. The Morgan fingerprint density at radius 2 is 2.13 bits per heavy atom. The second-order valence-corrected chi connectivity index (χ2v) is 5.32. The molecule has 86 valence electrons. The van der Waals surface area contributed by atoms with E-state index in [0.29, 0.717) is 11.5 Å². The molecule has 1 unspecified atom stereocenters. The first-order valence-electron chi connectivity index (χ1n) is 5.64. The molecule has 3 nitrogen and oxygen atoms in total. The van der Waals surface area contributed by atoms with Gasteiger partial charge in [0.2, 0.25) is 0 Å². The fraction of sp³-hybridized carbons (Fsp3) is 0.750. The number of aryl methyl sites for hydroxylation is 1. The van der Waals surface area contributed by atoms with Crippen LogP contribution in [-0.2, 0) is 7.05 Å². The van der Waals surface area contributed by atoms with Crippen molar-refractivity contribution in [2.45, 2.75) is 40.2 Å². The average molecular weight is 209 g/mol. The topological polar surface area (TPSA) is 29.9 Å². The van der Waals surface area contributed by atoms with Crippen molar-refractivity contribution in [1.29, 1.82) is 0 Å². The lowest BCUT2D eigenvalue weighted by Crippen LogP contribution is -2.25. The van der Waals surface area contributed by atoms with E-state index >= 15 is 0 Å². The first-order chi connectivity index (χ1) is 6.92. The summed E-state index contributed by atoms with van der Waals surface area (Å²) in [5.74, 6) is 0. The van der Waals surface area contributed by atoms with Crippen LogP contribution in [0.15, 0.2) is 12.4 Å². The van der Waals surface area contributed by atoms with Crippen LogP contribution in [0.5, 0.6) is 0 Å². The predicted molar refractivity (Wildman–Crippen MR) is 63.7 cm³/mol. The van der Waals surface area contributed by atoms with Crippen LogP contribution < -0.4 is 5.32 Å². The van der Waals surface area contributed by atoms with Crippen molar-refractivity contribution in [2.24, 2.45) is 12.5 Å². The monoisotopic (exact) mass is 209 g/mol. The van der Waals surface area contributed by atoms with Crippen molar-refractivity contribution in [2.75, 3.05) is 6.54 Å². The van der Waals surface area contributed by atoms with E-state index in [1.807, 2.05) is 17.9 Å². The van der Waals surface area contributed by atoms with Crippen molar-refractivity contribution >= 4 is 0 Å². The lowest BCUT2D eigenvalue weighted by atomic mass is 9.86. The summed E-state index contributed by atoms with van der Waals surface area (Å²) < 4.78 is 1.86. The zero-order valence-corrected chi connectivity index (χ0v) is 10.5. The average Bonchev–Trinajstić information content (AvgIpc) is 2.48. The minimum atomic E-state index is 0.336. The lowest BCUT2D eigenvalue weighted by molar-refractivity contribution is 0.314. The van der Waals surface area contributed by atoms with Gasteiger partial charge in [-0.2, -0.15) is 5.10 Å². The van der Waals surface area contributed by atoms with Gasteiger partial charge in [0.05, 0.1) is 6.20 Å². The van der Waals surface area contributed by atoms with Crippen LogP contribution in [0.2, 0.25) is 0 Å². The molecule has 15 heavy (non-hydrogen) atoms. The van der Waals surface area contributed by atoms with Crippen LogP contribution >= 0.6 is 0 Å². The largest absolute Gasteiger partial charge is 0.310 e. The highest BCUT2D eigenvalue weighted by Crippen LogP contribution is 2.28. The molecule has 1 heterocycles. The van der Waals surface area contributed by atoms with Gasteiger partial charge in [-0.15, -0.1) is 0 Å². The third-order valence-electron chi connectivity index (χ3n) is 2.39. The first-order valence-corrected chi connectivity index (χ1v) is 5.64. The molecule has 0 amide bonds. The SMILES string of the molecule is CCNC(CC(C)(C)C)c1cnn(C)c1. The maximum absolute atomic E-state index is 4.23. The summed E-state index contributed by atoms with van der Waals surface area (Å²) in [6.07, 6.45) is 5.19. The Bertz CT molecular complexity index is 296. The number of aromatic nitrogens is 2. The van der Waals surface area contributed by atoms with Gasteiger partial charge in [-0.3, -0.25) is 4.68 Å². The molecule has 0 bridgehead atoms. The number of hydrogen-bond donors (Lipinski definition) is 1. The molecule has 0 radical (unpaired) electrons. The highest BCUT2D eigenvalue weighted by atomic mass is 15.2. The maximum Gasteiger partial charge on any atom is 0.0537 e. The molecule has 0 spiro atoms. The van der Waals surface area contributed by atoms with Gasteiger partial charge in [-0.05, 0) is 18.4 Å². The van der Waals surface area contributed by atoms with Crippen LogP contribution in [-0.4, -0.2) is 16.3 Å². The zero-order chi connectivity index (χ0) is 11.5. The molecule has 0 aliphatic rings. The molecule has 0 fully saturated rings. The smallest absolute Gasteiger partial charge is 0.0537 e. The van der Waals surface area contributed by atoms with Gasteiger partial charge in [0.15, 0.2) is 0 Å². The van der Waals surface area contributed by atoms with Crippen molar-refractivity contribution in [3.05, 3.63) is 18.0 Å². The number of nitrogens with zero attached hydrogens (tertiary/aromatic N) is 2. The lowest BCUT2D eigenvalue weighted by Gasteiger charge is -2.25. The normalized spacial score (nSPS) is 14.2. The van der Waals surface area contributed by atoms with Crippen molar-refractivity contribution < 1.29 is 0 Å². The molecule has 1 atom stereocenters. The summed E-state index contributed by atoms with van der Waals surface area (Å²) in [6, 6.07) is 0.420. The summed E-state index contributed by atoms with van der Waals surface area (Å²) >= 11 is 0. The Balaban J connectivity index is 2.74. The van der Waals surface area contributed by atoms with E-state index in [4.69, 9.17) is 0 Å². The molecular formula is C12H23N3. The molecule has 0 saturated carbocycles. The van der Waals surface area contributed by atoms with Gasteiger partial charge in [0.1, 0.15) is 0 Å². The van der Waals surface area contributed by atoms with Crippen LogP contribution in [0.3, 0.4) is 0 Å². The molecule has 0 aromatic carbocycles. The van der Waals surface area contributed by atoms with Crippen molar-refractivity contribution in [1.82, 2.24) is 15.1 Å². The van der Waals surface area contributed by atoms with Gasteiger partial charge in [0.25, 0.3) is 0 Å². The van der Waals surface area contributed by atoms with Gasteiger partial charge in [-0.25, -0.2) is 0 Å². The number of hydrogen-bond acceptors (Lipinski definition) is 2. The first kappa shape index (κ1) is 12.2. The molecule has 1 aromatic rings. The maximum atomic E-state index is 4.23. The molecular weight excluding hydrogens is 186 g/mol. The van der Waals surface area contributed by atoms with Crippen LogP contribution in [0.4, 0.5) is 0 Å². The summed E-state index contributed by atoms with van der Waals surface area (Å²) in [5, 5.41) is 7.74. The highest BCUT2D eigenvalue weighted by Gasteiger charge is 2.20. The van der Waals surface area contributed by atoms with Crippen molar-refractivity contribution in [3.63, 3.8) is 0 Å². The van der Waals surface area contributed by atoms with Crippen LogP contribution in [0.1, 0.15) is 45.7 Å². The van der Waals surface area contributed by atoms with E-state index in [9.17, 15) is 0 Å². The Morgan fingerprint density at radius 1 is 1.47 bits per heavy atom. The minimum absolute atomic E-state index is 0.336. The summed E-state index contributed by atoms with van der Waals surface area (Å²) in [5.41, 5.74) is 1.62. The van der Waals surface area contributed by atoms with Gasteiger partial charge >= 0.3 is 0 Å². The predicted octanol–water partition coefficient (Wildman–Crippen LogP) is 2.51. The molecule has 1 N–H and O–H groups in total. The minimum Gasteiger partial charge on any atom is -0.310 e. The summed E-state index contributed by atoms with van der Waals surface area (Å²) in [4.78, 5) is 0. The molecule has 0 aliphatic heterocycles. The van der Waals surface area contributed by atoms with E-state index in [-0.39, 0.29) is 0 Å². The second kappa shape index (κ2) is 4.79.